The topological polar surface area (TPSA) is 39.4 Å². The van der Waals surface area contributed by atoms with Crippen LogP contribution in [0, 0.1) is 0 Å². The summed E-state index contributed by atoms with van der Waals surface area (Å²) >= 11 is 1.59. The van der Waals surface area contributed by atoms with E-state index >= 15 is 0 Å². The molecule has 0 saturated carbocycles. The van der Waals surface area contributed by atoms with Gasteiger partial charge in [-0.05, 0) is 13.0 Å². The van der Waals surface area contributed by atoms with E-state index in [0.29, 0.717) is 13.0 Å². The first-order valence-electron chi connectivity index (χ1n) is 4.13. The highest BCUT2D eigenvalue weighted by Gasteiger charge is 2.02. The van der Waals surface area contributed by atoms with Gasteiger partial charge < -0.3 is 9.15 Å². The Bertz CT molecular complexity index is 243. The third-order valence-corrected chi connectivity index (χ3v) is 2.35. The fourth-order valence-corrected chi connectivity index (χ4v) is 1.60. The molecule has 1 heterocycles. The Hall–Kier alpha value is -0.900. The predicted octanol–water partition coefficient (Wildman–Crippen LogP) is 2.32. The molecule has 0 fully saturated rings. The van der Waals surface area contributed by atoms with Crippen molar-refractivity contribution in [1.29, 1.82) is 0 Å². The number of esters is 1. The van der Waals surface area contributed by atoms with Crippen LogP contribution in [0.5, 0.6) is 0 Å². The molecule has 0 radical (unpaired) electrons. The maximum absolute atomic E-state index is 10.9. The number of thioether (sulfide) groups is 1. The minimum atomic E-state index is -0.140. The van der Waals surface area contributed by atoms with Gasteiger partial charge in [-0.25, -0.2) is 0 Å². The second-order valence-corrected chi connectivity index (χ2v) is 3.53. The van der Waals surface area contributed by atoms with Crippen LogP contribution in [-0.4, -0.2) is 18.3 Å². The van der Waals surface area contributed by atoms with Crippen molar-refractivity contribution in [2.24, 2.45) is 0 Å². The van der Waals surface area contributed by atoms with Gasteiger partial charge in [0.1, 0.15) is 6.26 Å². The van der Waals surface area contributed by atoms with Gasteiger partial charge in [-0.1, -0.05) is 0 Å². The van der Waals surface area contributed by atoms with Gasteiger partial charge in [0.25, 0.3) is 0 Å². The van der Waals surface area contributed by atoms with E-state index in [4.69, 9.17) is 9.15 Å². The van der Waals surface area contributed by atoms with Crippen molar-refractivity contribution in [2.75, 3.05) is 12.4 Å². The van der Waals surface area contributed by atoms with Crippen LogP contribution < -0.4 is 0 Å². The molecule has 0 spiro atoms. The maximum atomic E-state index is 10.9. The van der Waals surface area contributed by atoms with Crippen molar-refractivity contribution in [3.8, 4) is 0 Å². The Labute approximate surface area is 81.4 Å². The van der Waals surface area contributed by atoms with Gasteiger partial charge in [-0.2, -0.15) is 0 Å². The molecule has 1 aromatic rings. The molecule has 0 atom stereocenters. The third-order valence-electron chi connectivity index (χ3n) is 1.38. The zero-order valence-electron chi connectivity index (χ0n) is 7.49. The first-order chi connectivity index (χ1) is 6.33. The number of carbonyl (C=O) groups is 1. The Kier molecular flexibility index (Phi) is 4.46. The molecule has 3 nitrogen and oxygen atoms in total. The number of ether oxygens (including phenoxy) is 1. The molecule has 0 unspecified atom stereocenters. The van der Waals surface area contributed by atoms with E-state index in [1.54, 1.807) is 31.2 Å². The van der Waals surface area contributed by atoms with Crippen molar-refractivity contribution in [3.05, 3.63) is 18.6 Å². The minimum Gasteiger partial charge on any atom is -0.471 e. The standard InChI is InChI=1S/C9H12O3S/c1-2-12-9(10)4-6-13-8-3-5-11-7-8/h3,5,7H,2,4,6H2,1H3. The van der Waals surface area contributed by atoms with Crippen molar-refractivity contribution in [2.45, 2.75) is 18.2 Å². The van der Waals surface area contributed by atoms with Gasteiger partial charge in [-0.3, -0.25) is 4.79 Å². The summed E-state index contributed by atoms with van der Waals surface area (Å²) in [6.07, 6.45) is 3.73. The minimum absolute atomic E-state index is 0.140. The van der Waals surface area contributed by atoms with Crippen molar-refractivity contribution in [1.82, 2.24) is 0 Å². The molecule has 0 N–H and O–H groups in total. The highest BCUT2D eigenvalue weighted by Crippen LogP contribution is 2.18. The Balaban J connectivity index is 2.11. The summed E-state index contributed by atoms with van der Waals surface area (Å²) in [6, 6.07) is 1.87. The molecule has 13 heavy (non-hydrogen) atoms. The average molecular weight is 200 g/mol. The highest BCUT2D eigenvalue weighted by molar-refractivity contribution is 7.99. The molecule has 1 aromatic heterocycles. The molecule has 0 aliphatic carbocycles. The lowest BCUT2D eigenvalue weighted by Crippen LogP contribution is -2.04. The van der Waals surface area contributed by atoms with Crippen LogP contribution >= 0.6 is 11.8 Å². The number of carbonyl (C=O) groups excluding carboxylic acids is 1. The molecule has 0 aliphatic heterocycles. The van der Waals surface area contributed by atoms with Crippen LogP contribution in [-0.2, 0) is 9.53 Å². The molecule has 0 amide bonds. The number of hydrogen-bond donors (Lipinski definition) is 0. The molecule has 0 aliphatic rings. The van der Waals surface area contributed by atoms with Crippen LogP contribution in [0.2, 0.25) is 0 Å². The lowest BCUT2D eigenvalue weighted by molar-refractivity contribution is -0.142. The maximum Gasteiger partial charge on any atom is 0.306 e. The second-order valence-electron chi connectivity index (χ2n) is 2.36. The Morgan fingerprint density at radius 1 is 1.69 bits per heavy atom. The van der Waals surface area contributed by atoms with Gasteiger partial charge in [0.05, 0.1) is 19.3 Å². The SMILES string of the molecule is CCOC(=O)CCSc1ccoc1. The Morgan fingerprint density at radius 3 is 3.15 bits per heavy atom. The first-order valence-corrected chi connectivity index (χ1v) is 5.12. The van der Waals surface area contributed by atoms with Crippen LogP contribution in [0.15, 0.2) is 27.9 Å². The smallest absolute Gasteiger partial charge is 0.306 e. The van der Waals surface area contributed by atoms with E-state index in [9.17, 15) is 4.79 Å². The second kappa shape index (κ2) is 5.70. The van der Waals surface area contributed by atoms with Crippen LogP contribution in [0.4, 0.5) is 0 Å². The molecule has 0 saturated heterocycles. The summed E-state index contributed by atoms with van der Waals surface area (Å²) in [6.45, 7) is 2.26. The number of furan rings is 1. The predicted molar refractivity (Wildman–Crippen MR) is 50.7 cm³/mol. The summed E-state index contributed by atoms with van der Waals surface area (Å²) in [7, 11) is 0. The molecular formula is C9H12O3S. The van der Waals surface area contributed by atoms with Crippen molar-refractivity contribution in [3.63, 3.8) is 0 Å². The highest BCUT2D eigenvalue weighted by atomic mass is 32.2. The summed E-state index contributed by atoms with van der Waals surface area (Å²) in [5.41, 5.74) is 0. The molecule has 4 heteroatoms. The van der Waals surface area contributed by atoms with E-state index in [1.165, 1.54) is 0 Å². The lowest BCUT2D eigenvalue weighted by atomic mass is 10.5. The third kappa shape index (κ3) is 4.03. The zero-order valence-corrected chi connectivity index (χ0v) is 8.30. The summed E-state index contributed by atoms with van der Waals surface area (Å²) in [4.78, 5) is 12.0. The Morgan fingerprint density at radius 2 is 2.54 bits per heavy atom. The van der Waals surface area contributed by atoms with E-state index in [1.807, 2.05) is 6.07 Å². The number of rotatable bonds is 5. The first kappa shape index (κ1) is 10.2. The zero-order chi connectivity index (χ0) is 9.52. The van der Waals surface area contributed by atoms with Crippen LogP contribution in [0.1, 0.15) is 13.3 Å². The van der Waals surface area contributed by atoms with Gasteiger partial charge in [-0.15, -0.1) is 11.8 Å². The fraction of sp³-hybridized carbons (Fsp3) is 0.444. The lowest BCUT2D eigenvalue weighted by Gasteiger charge is -1.99. The average Bonchev–Trinajstić information content (AvgIpc) is 2.57. The normalized spacial score (nSPS) is 9.92. The van der Waals surface area contributed by atoms with E-state index in [-0.39, 0.29) is 5.97 Å². The molecule has 0 bridgehead atoms. The summed E-state index contributed by atoms with van der Waals surface area (Å²) in [5.74, 6) is 0.594. The van der Waals surface area contributed by atoms with Gasteiger partial charge >= 0.3 is 5.97 Å². The van der Waals surface area contributed by atoms with Gasteiger partial charge in [0.2, 0.25) is 0 Å². The van der Waals surface area contributed by atoms with Crippen molar-refractivity contribution >= 4 is 17.7 Å². The van der Waals surface area contributed by atoms with Crippen LogP contribution in [0.3, 0.4) is 0 Å². The quantitative estimate of drug-likeness (QED) is 0.540. The van der Waals surface area contributed by atoms with E-state index in [0.717, 1.165) is 10.6 Å². The molecular weight excluding hydrogens is 188 g/mol. The molecule has 72 valence electrons. The van der Waals surface area contributed by atoms with Gasteiger partial charge in [0, 0.05) is 10.6 Å². The summed E-state index contributed by atoms with van der Waals surface area (Å²) in [5, 5.41) is 0. The van der Waals surface area contributed by atoms with E-state index in [2.05, 4.69) is 0 Å². The molecule has 1 rings (SSSR count). The summed E-state index contributed by atoms with van der Waals surface area (Å²) < 4.78 is 9.67. The number of hydrogen-bond acceptors (Lipinski definition) is 4. The monoisotopic (exact) mass is 200 g/mol. The van der Waals surface area contributed by atoms with E-state index < -0.39 is 0 Å². The van der Waals surface area contributed by atoms with Crippen molar-refractivity contribution < 1.29 is 13.9 Å². The molecule has 0 aromatic carbocycles. The van der Waals surface area contributed by atoms with Crippen LogP contribution in [0.25, 0.3) is 0 Å². The largest absolute Gasteiger partial charge is 0.471 e. The van der Waals surface area contributed by atoms with Gasteiger partial charge in [0.15, 0.2) is 0 Å². The fourth-order valence-electron chi connectivity index (χ4n) is 0.819.